The molecule has 1 aromatic heterocycles. The van der Waals surface area contributed by atoms with E-state index < -0.39 is 37.4 Å². The van der Waals surface area contributed by atoms with Crippen LogP contribution in [0.1, 0.15) is 5.69 Å². The molecule has 5 nitrogen and oxygen atoms in total. The third-order valence-corrected chi connectivity index (χ3v) is 3.18. The molecule has 0 saturated carbocycles. The van der Waals surface area contributed by atoms with Gasteiger partial charge in [-0.2, -0.15) is 13.2 Å². The van der Waals surface area contributed by atoms with Crippen molar-refractivity contribution in [2.45, 2.75) is 11.1 Å². The molecule has 0 aliphatic heterocycles. The van der Waals surface area contributed by atoms with E-state index in [1.165, 1.54) is 0 Å². The van der Waals surface area contributed by atoms with Crippen molar-refractivity contribution >= 4 is 19.7 Å². The van der Waals surface area contributed by atoms with Crippen LogP contribution in [0.15, 0.2) is 11.0 Å². The summed E-state index contributed by atoms with van der Waals surface area (Å²) in [7, 11) is 2.69. The zero-order valence-corrected chi connectivity index (χ0v) is 10.7. The van der Waals surface area contributed by atoms with Crippen LogP contribution in [0.3, 0.4) is 0 Å². The van der Waals surface area contributed by atoms with Crippen molar-refractivity contribution in [3.05, 3.63) is 11.8 Å². The first-order chi connectivity index (χ1) is 8.11. The highest BCUT2D eigenvalue weighted by atomic mass is 35.7. The van der Waals surface area contributed by atoms with Crippen LogP contribution in [0.5, 0.6) is 11.6 Å². The average molecular weight is 306 g/mol. The van der Waals surface area contributed by atoms with Crippen LogP contribution in [-0.4, -0.2) is 27.6 Å². The predicted molar refractivity (Wildman–Crippen MR) is 55.4 cm³/mol. The van der Waals surface area contributed by atoms with E-state index in [0.29, 0.717) is 6.07 Å². The van der Waals surface area contributed by atoms with E-state index in [1.54, 1.807) is 0 Å². The minimum Gasteiger partial charge on any atom is -0.495 e. The highest BCUT2D eigenvalue weighted by Gasteiger charge is 2.36. The van der Waals surface area contributed by atoms with Crippen LogP contribution in [0.4, 0.5) is 13.2 Å². The van der Waals surface area contributed by atoms with Gasteiger partial charge in [-0.25, -0.2) is 13.4 Å². The van der Waals surface area contributed by atoms with Gasteiger partial charge in [0.2, 0.25) is 5.88 Å². The van der Waals surface area contributed by atoms with Gasteiger partial charge in [0.1, 0.15) is 5.75 Å². The first-order valence-corrected chi connectivity index (χ1v) is 6.57. The van der Waals surface area contributed by atoms with Gasteiger partial charge in [-0.15, -0.1) is 0 Å². The molecule has 1 aromatic rings. The average Bonchev–Trinajstić information content (AvgIpc) is 2.24. The molecule has 0 aliphatic rings. The van der Waals surface area contributed by atoms with Gasteiger partial charge < -0.3 is 9.47 Å². The summed E-state index contributed by atoms with van der Waals surface area (Å²) in [5.41, 5.74) is -1.35. The summed E-state index contributed by atoms with van der Waals surface area (Å²) in [5.74, 6) is -1.37. The van der Waals surface area contributed by atoms with Gasteiger partial charge in [-0.1, -0.05) is 0 Å². The van der Waals surface area contributed by atoms with Gasteiger partial charge in [-0.3, -0.25) is 0 Å². The van der Waals surface area contributed by atoms with E-state index in [9.17, 15) is 21.6 Å². The Kier molecular flexibility index (Phi) is 3.96. The van der Waals surface area contributed by atoms with Gasteiger partial charge in [0.05, 0.1) is 14.2 Å². The molecule has 0 radical (unpaired) electrons. The fraction of sp³-hybridized carbons (Fsp3) is 0.375. The Balaban J connectivity index is 3.65. The first kappa shape index (κ1) is 14.8. The molecule has 0 N–H and O–H groups in total. The lowest BCUT2D eigenvalue weighted by Gasteiger charge is -2.13. The Morgan fingerprint density at radius 2 is 1.83 bits per heavy atom. The van der Waals surface area contributed by atoms with E-state index in [0.717, 1.165) is 14.2 Å². The van der Waals surface area contributed by atoms with Crippen LogP contribution >= 0.6 is 10.7 Å². The predicted octanol–water partition coefficient (Wildman–Crippen LogP) is 2.05. The number of ether oxygens (including phenoxy) is 2. The van der Waals surface area contributed by atoms with E-state index in [2.05, 4.69) is 14.5 Å². The number of nitrogens with zero attached hydrogens (tertiary/aromatic N) is 1. The van der Waals surface area contributed by atoms with Gasteiger partial charge in [-0.05, 0) is 0 Å². The molecule has 18 heavy (non-hydrogen) atoms. The second kappa shape index (κ2) is 4.81. The van der Waals surface area contributed by atoms with Crippen LogP contribution in [0.2, 0.25) is 0 Å². The molecule has 102 valence electrons. The maximum Gasteiger partial charge on any atom is 0.433 e. The second-order valence-electron chi connectivity index (χ2n) is 2.98. The molecule has 0 fully saturated rings. The second-order valence-corrected chi connectivity index (χ2v) is 5.49. The number of methoxy groups -OCH3 is 2. The Morgan fingerprint density at radius 3 is 2.17 bits per heavy atom. The van der Waals surface area contributed by atoms with Crippen LogP contribution in [-0.2, 0) is 15.2 Å². The summed E-state index contributed by atoms with van der Waals surface area (Å²) in [5, 5.41) is 0. The summed E-state index contributed by atoms with van der Waals surface area (Å²) >= 11 is 0. The standard InChI is InChI=1S/C8H7ClF3NO4S/c1-16-4-3-5(8(10,11)12)13-7(17-2)6(4)18(9,14)15/h3H,1-2H3. The highest BCUT2D eigenvalue weighted by molar-refractivity contribution is 8.13. The smallest absolute Gasteiger partial charge is 0.433 e. The van der Waals surface area contributed by atoms with Crippen molar-refractivity contribution in [3.8, 4) is 11.6 Å². The summed E-state index contributed by atoms with van der Waals surface area (Å²) < 4.78 is 69.0. The number of hydrogen-bond donors (Lipinski definition) is 0. The monoisotopic (exact) mass is 305 g/mol. The first-order valence-electron chi connectivity index (χ1n) is 4.26. The zero-order chi connectivity index (χ0) is 14.1. The molecule has 0 atom stereocenters. The number of aromatic nitrogens is 1. The number of pyridine rings is 1. The molecule has 1 rings (SSSR count). The summed E-state index contributed by atoms with van der Waals surface area (Å²) in [6.45, 7) is 0. The fourth-order valence-electron chi connectivity index (χ4n) is 1.15. The Labute approximate surface area is 105 Å². The van der Waals surface area contributed by atoms with Crippen molar-refractivity contribution in [2.75, 3.05) is 14.2 Å². The molecule has 0 spiro atoms. The lowest BCUT2D eigenvalue weighted by atomic mass is 10.3. The third-order valence-electron chi connectivity index (χ3n) is 1.86. The molecule has 0 amide bonds. The highest BCUT2D eigenvalue weighted by Crippen LogP contribution is 2.39. The van der Waals surface area contributed by atoms with E-state index >= 15 is 0 Å². The van der Waals surface area contributed by atoms with Crippen LogP contribution < -0.4 is 9.47 Å². The molecule has 1 heterocycles. The number of halogens is 4. The number of hydrogen-bond acceptors (Lipinski definition) is 5. The topological polar surface area (TPSA) is 65.5 Å². The van der Waals surface area contributed by atoms with Crippen molar-refractivity contribution in [2.24, 2.45) is 0 Å². The van der Waals surface area contributed by atoms with Gasteiger partial charge in [0.15, 0.2) is 10.6 Å². The minimum absolute atomic E-state index is 0.428. The lowest BCUT2D eigenvalue weighted by molar-refractivity contribution is -0.141. The SMILES string of the molecule is COc1cc(C(F)(F)F)nc(OC)c1S(=O)(=O)Cl. The minimum atomic E-state index is -4.77. The maximum absolute atomic E-state index is 12.5. The Hall–Kier alpha value is -1.22. The molecular weight excluding hydrogens is 299 g/mol. The molecule has 0 saturated heterocycles. The summed E-state index contributed by atoms with van der Waals surface area (Å²) in [4.78, 5) is 2.30. The molecule has 0 unspecified atom stereocenters. The van der Waals surface area contributed by atoms with Crippen LogP contribution in [0.25, 0.3) is 0 Å². The molecule has 0 aromatic carbocycles. The van der Waals surface area contributed by atoms with Crippen molar-refractivity contribution in [1.29, 1.82) is 0 Å². The van der Waals surface area contributed by atoms with E-state index in [-0.39, 0.29) is 0 Å². The summed E-state index contributed by atoms with van der Waals surface area (Å²) in [6, 6.07) is 0.428. The number of rotatable bonds is 3. The zero-order valence-electron chi connectivity index (χ0n) is 9.08. The quantitative estimate of drug-likeness (QED) is 0.800. The number of alkyl halides is 3. The van der Waals surface area contributed by atoms with Crippen molar-refractivity contribution in [1.82, 2.24) is 4.98 Å². The van der Waals surface area contributed by atoms with Crippen molar-refractivity contribution in [3.63, 3.8) is 0 Å². The fourth-order valence-corrected chi connectivity index (χ4v) is 2.29. The van der Waals surface area contributed by atoms with E-state index in [1.807, 2.05) is 0 Å². The van der Waals surface area contributed by atoms with E-state index in [4.69, 9.17) is 10.7 Å². The molecule has 0 aliphatic carbocycles. The normalized spacial score (nSPS) is 12.3. The van der Waals surface area contributed by atoms with Gasteiger partial charge in [0, 0.05) is 16.7 Å². The largest absolute Gasteiger partial charge is 0.495 e. The molecule has 10 heteroatoms. The Morgan fingerprint density at radius 1 is 1.28 bits per heavy atom. The molecular formula is C8H7ClF3NO4S. The third kappa shape index (κ3) is 2.96. The van der Waals surface area contributed by atoms with Crippen molar-refractivity contribution < 1.29 is 31.1 Å². The lowest BCUT2D eigenvalue weighted by Crippen LogP contribution is -2.12. The molecule has 0 bridgehead atoms. The van der Waals surface area contributed by atoms with Crippen LogP contribution in [0, 0.1) is 0 Å². The Bertz CT molecular complexity index is 533. The summed E-state index contributed by atoms with van der Waals surface area (Å²) in [6.07, 6.45) is -4.77. The van der Waals surface area contributed by atoms with Gasteiger partial charge >= 0.3 is 6.18 Å². The van der Waals surface area contributed by atoms with Gasteiger partial charge in [0.25, 0.3) is 9.05 Å². The maximum atomic E-state index is 12.5.